The summed E-state index contributed by atoms with van der Waals surface area (Å²) in [6.45, 7) is 4.44. The van der Waals surface area contributed by atoms with E-state index < -0.39 is 6.10 Å². The van der Waals surface area contributed by atoms with Crippen LogP contribution in [0.25, 0.3) is 0 Å². The van der Waals surface area contributed by atoms with Crippen LogP contribution in [0.2, 0.25) is 0 Å². The number of ether oxygens (including phenoxy) is 3. The Morgan fingerprint density at radius 2 is 1.86 bits per heavy atom. The third kappa shape index (κ3) is 5.53. The fraction of sp³-hybridized carbons (Fsp3) is 0.625. The molecule has 0 aliphatic carbocycles. The van der Waals surface area contributed by atoms with Crippen LogP contribution in [-0.2, 0) is 4.74 Å². The van der Waals surface area contributed by atoms with Gasteiger partial charge in [0.2, 0.25) is 0 Å². The molecule has 1 atom stereocenters. The van der Waals surface area contributed by atoms with Crippen molar-refractivity contribution in [2.24, 2.45) is 0 Å². The maximum absolute atomic E-state index is 9.86. The molecule has 1 N–H and O–H groups in total. The molecule has 0 aromatic heterocycles. The summed E-state index contributed by atoms with van der Waals surface area (Å²) < 4.78 is 16.2. The zero-order valence-corrected chi connectivity index (χ0v) is 12.7. The van der Waals surface area contributed by atoms with E-state index in [4.69, 9.17) is 14.2 Å². The highest BCUT2D eigenvalue weighted by Crippen LogP contribution is 2.25. The summed E-state index contributed by atoms with van der Waals surface area (Å²) in [6, 6.07) is 7.40. The highest BCUT2D eigenvalue weighted by atomic mass is 16.5. The molecule has 0 saturated carbocycles. The fourth-order valence-corrected chi connectivity index (χ4v) is 2.39. The SMILES string of the molecule is COc1ccccc1OCC(O)COCCN1CCCC1. The summed E-state index contributed by atoms with van der Waals surface area (Å²) in [4.78, 5) is 2.39. The van der Waals surface area contributed by atoms with Crippen molar-refractivity contribution in [3.05, 3.63) is 24.3 Å². The largest absolute Gasteiger partial charge is 0.493 e. The first-order valence-corrected chi connectivity index (χ1v) is 7.53. The molecular weight excluding hydrogens is 270 g/mol. The molecule has 0 spiro atoms. The summed E-state index contributed by atoms with van der Waals surface area (Å²) >= 11 is 0. The number of hydrogen-bond acceptors (Lipinski definition) is 5. The van der Waals surface area contributed by atoms with Crippen LogP contribution in [0.1, 0.15) is 12.8 Å². The Morgan fingerprint density at radius 1 is 1.14 bits per heavy atom. The van der Waals surface area contributed by atoms with Gasteiger partial charge >= 0.3 is 0 Å². The van der Waals surface area contributed by atoms with Crippen LogP contribution in [-0.4, -0.2) is 62.7 Å². The Morgan fingerprint density at radius 3 is 2.57 bits per heavy atom. The van der Waals surface area contributed by atoms with Crippen LogP contribution in [0.4, 0.5) is 0 Å². The minimum Gasteiger partial charge on any atom is -0.493 e. The number of likely N-dealkylation sites (tertiary alicyclic amines) is 1. The van der Waals surface area contributed by atoms with Crippen molar-refractivity contribution in [1.82, 2.24) is 4.90 Å². The molecule has 1 aromatic carbocycles. The Kier molecular flexibility index (Phi) is 6.79. The number of aliphatic hydroxyl groups excluding tert-OH is 1. The Balaban J connectivity index is 1.59. The number of methoxy groups -OCH3 is 1. The molecule has 21 heavy (non-hydrogen) atoms. The normalized spacial score (nSPS) is 16.9. The fourth-order valence-electron chi connectivity index (χ4n) is 2.39. The summed E-state index contributed by atoms with van der Waals surface area (Å²) in [5.74, 6) is 1.30. The minimum atomic E-state index is -0.631. The van der Waals surface area contributed by atoms with E-state index in [9.17, 15) is 5.11 Å². The van der Waals surface area contributed by atoms with E-state index in [1.54, 1.807) is 7.11 Å². The highest BCUT2D eigenvalue weighted by Gasteiger charge is 2.12. The lowest BCUT2D eigenvalue weighted by Gasteiger charge is -2.17. The van der Waals surface area contributed by atoms with E-state index in [2.05, 4.69) is 4.90 Å². The van der Waals surface area contributed by atoms with Crippen molar-refractivity contribution in [2.75, 3.05) is 46.6 Å². The molecule has 0 radical (unpaired) electrons. The first kappa shape index (κ1) is 16.1. The van der Waals surface area contributed by atoms with Gasteiger partial charge in [-0.15, -0.1) is 0 Å². The molecule has 5 heteroatoms. The lowest BCUT2D eigenvalue weighted by atomic mass is 10.3. The van der Waals surface area contributed by atoms with Gasteiger partial charge in [-0.3, -0.25) is 0 Å². The van der Waals surface area contributed by atoms with E-state index in [0.717, 1.165) is 6.54 Å². The van der Waals surface area contributed by atoms with Crippen molar-refractivity contribution in [1.29, 1.82) is 0 Å². The monoisotopic (exact) mass is 295 g/mol. The second-order valence-electron chi connectivity index (χ2n) is 5.24. The molecule has 2 rings (SSSR count). The third-order valence-electron chi connectivity index (χ3n) is 3.56. The Labute approximate surface area is 126 Å². The van der Waals surface area contributed by atoms with Crippen LogP contribution in [0.15, 0.2) is 24.3 Å². The zero-order valence-electron chi connectivity index (χ0n) is 12.7. The zero-order chi connectivity index (χ0) is 14.9. The maximum Gasteiger partial charge on any atom is 0.161 e. The molecule has 1 fully saturated rings. The number of hydrogen-bond donors (Lipinski definition) is 1. The molecule has 1 saturated heterocycles. The molecule has 0 bridgehead atoms. The molecule has 1 unspecified atom stereocenters. The molecular formula is C16H25NO4. The van der Waals surface area contributed by atoms with Gasteiger partial charge in [0, 0.05) is 6.54 Å². The van der Waals surface area contributed by atoms with Gasteiger partial charge < -0.3 is 24.2 Å². The third-order valence-corrected chi connectivity index (χ3v) is 3.56. The highest BCUT2D eigenvalue weighted by molar-refractivity contribution is 5.39. The summed E-state index contributed by atoms with van der Waals surface area (Å²) in [5, 5.41) is 9.86. The summed E-state index contributed by atoms with van der Waals surface area (Å²) in [7, 11) is 1.60. The quantitative estimate of drug-likeness (QED) is 0.701. The first-order chi connectivity index (χ1) is 10.3. The molecule has 118 valence electrons. The molecule has 1 aliphatic heterocycles. The van der Waals surface area contributed by atoms with E-state index in [1.807, 2.05) is 24.3 Å². The maximum atomic E-state index is 9.86. The Hall–Kier alpha value is -1.30. The summed E-state index contributed by atoms with van der Waals surface area (Å²) in [6.07, 6.45) is 1.94. The number of para-hydroxylation sites is 2. The van der Waals surface area contributed by atoms with E-state index in [1.165, 1.54) is 25.9 Å². The molecule has 5 nitrogen and oxygen atoms in total. The predicted octanol–water partition coefficient (Wildman–Crippen LogP) is 1.55. The second kappa shape index (κ2) is 8.87. The van der Waals surface area contributed by atoms with Gasteiger partial charge in [-0.1, -0.05) is 12.1 Å². The van der Waals surface area contributed by atoms with E-state index >= 15 is 0 Å². The van der Waals surface area contributed by atoms with E-state index in [0.29, 0.717) is 24.7 Å². The lowest BCUT2D eigenvalue weighted by Crippen LogP contribution is -2.28. The van der Waals surface area contributed by atoms with Crippen molar-refractivity contribution >= 4 is 0 Å². The molecule has 1 heterocycles. The molecule has 1 aromatic rings. The van der Waals surface area contributed by atoms with Crippen molar-refractivity contribution in [3.8, 4) is 11.5 Å². The van der Waals surface area contributed by atoms with Crippen LogP contribution in [0.5, 0.6) is 11.5 Å². The second-order valence-corrected chi connectivity index (χ2v) is 5.24. The first-order valence-electron chi connectivity index (χ1n) is 7.53. The average Bonchev–Trinajstić information content (AvgIpc) is 3.03. The summed E-state index contributed by atoms with van der Waals surface area (Å²) in [5.41, 5.74) is 0. The van der Waals surface area contributed by atoms with Gasteiger partial charge in [-0.2, -0.15) is 0 Å². The van der Waals surface area contributed by atoms with Gasteiger partial charge in [0.1, 0.15) is 12.7 Å². The smallest absolute Gasteiger partial charge is 0.161 e. The topological polar surface area (TPSA) is 51.2 Å². The Bertz CT molecular complexity index is 407. The number of benzene rings is 1. The van der Waals surface area contributed by atoms with Gasteiger partial charge in [-0.25, -0.2) is 0 Å². The molecule has 0 amide bonds. The lowest BCUT2D eigenvalue weighted by molar-refractivity contribution is 0.00666. The van der Waals surface area contributed by atoms with Crippen LogP contribution < -0.4 is 9.47 Å². The minimum absolute atomic E-state index is 0.198. The number of aliphatic hydroxyl groups is 1. The van der Waals surface area contributed by atoms with Crippen molar-refractivity contribution < 1.29 is 19.3 Å². The number of nitrogens with zero attached hydrogens (tertiary/aromatic N) is 1. The van der Waals surface area contributed by atoms with Crippen LogP contribution >= 0.6 is 0 Å². The van der Waals surface area contributed by atoms with Gasteiger partial charge in [0.25, 0.3) is 0 Å². The average molecular weight is 295 g/mol. The van der Waals surface area contributed by atoms with Gasteiger partial charge in [0.05, 0.1) is 20.3 Å². The predicted molar refractivity (Wildman–Crippen MR) is 81.0 cm³/mol. The standard InChI is InChI=1S/C16H25NO4/c1-19-15-6-2-3-7-16(15)21-13-14(18)12-20-11-10-17-8-4-5-9-17/h2-3,6-7,14,18H,4-5,8-13H2,1H3. The van der Waals surface area contributed by atoms with E-state index in [-0.39, 0.29) is 6.61 Å². The van der Waals surface area contributed by atoms with Gasteiger partial charge in [0.15, 0.2) is 11.5 Å². The van der Waals surface area contributed by atoms with Crippen LogP contribution in [0.3, 0.4) is 0 Å². The van der Waals surface area contributed by atoms with Crippen molar-refractivity contribution in [2.45, 2.75) is 18.9 Å². The molecule has 1 aliphatic rings. The van der Waals surface area contributed by atoms with Crippen molar-refractivity contribution in [3.63, 3.8) is 0 Å². The number of rotatable bonds is 9. The van der Waals surface area contributed by atoms with Gasteiger partial charge in [-0.05, 0) is 38.1 Å². The van der Waals surface area contributed by atoms with Crippen LogP contribution in [0, 0.1) is 0 Å².